The molecule has 256 valence electrons. The lowest BCUT2D eigenvalue weighted by atomic mass is 10.1. The molecule has 0 aliphatic rings. The highest BCUT2D eigenvalue weighted by molar-refractivity contribution is 7.22. The van der Waals surface area contributed by atoms with Crippen LogP contribution in [0.25, 0.3) is 26.3 Å². The van der Waals surface area contributed by atoms with Crippen LogP contribution < -0.4 is 21.9 Å². The fourth-order valence-electron chi connectivity index (χ4n) is 5.35. The molecule has 10 nitrogen and oxygen atoms in total. The van der Waals surface area contributed by atoms with Gasteiger partial charge < -0.3 is 20.4 Å². The Bertz CT molecular complexity index is 2110. The second kappa shape index (κ2) is 14.9. The van der Waals surface area contributed by atoms with Crippen LogP contribution in [-0.2, 0) is 17.9 Å². The normalized spacial score (nSPS) is 11.3. The lowest BCUT2D eigenvalue weighted by Crippen LogP contribution is -2.39. The Labute approximate surface area is 284 Å². The molecule has 0 saturated carbocycles. The lowest BCUT2D eigenvalue weighted by Gasteiger charge is -2.19. The summed E-state index contributed by atoms with van der Waals surface area (Å²) in [5.74, 6) is -2.39. The van der Waals surface area contributed by atoms with Crippen LogP contribution in [0.3, 0.4) is 0 Å². The number of benzene rings is 3. The standard InChI is InChI=1S/C35H35F3N6O4S/c1-5-39-34(47)40-23-13-9-21(10-14-23)31-26(19-42(4)18-17-29(45)41(2)3)30-32(46)44(24-15-11-22(36)12-16-24)35(48)43(33(30)49-31)20-25-27(37)7-6-8-28(25)38/h6-16H,5,17-20H2,1-4H3,(H2,39,40,47). The first-order chi connectivity index (χ1) is 23.4. The number of urea groups is 1. The predicted molar refractivity (Wildman–Crippen MR) is 185 cm³/mol. The van der Waals surface area contributed by atoms with E-state index in [1.807, 2.05) is 4.90 Å². The summed E-state index contributed by atoms with van der Waals surface area (Å²) < 4.78 is 45.9. The van der Waals surface area contributed by atoms with Gasteiger partial charge in [-0.2, -0.15) is 0 Å². The zero-order chi connectivity index (χ0) is 35.4. The van der Waals surface area contributed by atoms with E-state index in [1.165, 1.54) is 23.1 Å². The molecule has 2 heterocycles. The summed E-state index contributed by atoms with van der Waals surface area (Å²) in [6.45, 7) is 2.21. The monoisotopic (exact) mass is 692 g/mol. The SMILES string of the molecule is CCNC(=O)Nc1ccc(-c2sc3c(c2CN(C)CCC(=O)N(C)C)c(=O)n(-c2ccc(F)cc2)c(=O)n3Cc2c(F)cccc2F)cc1. The molecule has 0 aliphatic heterocycles. The quantitative estimate of drug-likeness (QED) is 0.193. The molecular weight excluding hydrogens is 657 g/mol. The maximum absolute atomic E-state index is 15.0. The predicted octanol–water partition coefficient (Wildman–Crippen LogP) is 5.40. The molecule has 0 aliphatic carbocycles. The van der Waals surface area contributed by atoms with Crippen molar-refractivity contribution in [2.75, 3.05) is 39.5 Å². The Morgan fingerprint density at radius 3 is 2.14 bits per heavy atom. The first-order valence-corrected chi connectivity index (χ1v) is 16.2. The molecule has 0 bridgehead atoms. The van der Waals surface area contributed by atoms with Crippen LogP contribution in [-0.4, -0.2) is 65.1 Å². The first-order valence-electron chi connectivity index (χ1n) is 15.4. The molecule has 5 rings (SSSR count). The van der Waals surface area contributed by atoms with Crippen molar-refractivity contribution in [2.24, 2.45) is 0 Å². The van der Waals surface area contributed by atoms with E-state index in [1.54, 1.807) is 52.3 Å². The molecule has 2 aromatic heterocycles. The molecule has 0 fully saturated rings. The van der Waals surface area contributed by atoms with E-state index in [9.17, 15) is 32.3 Å². The molecule has 0 radical (unpaired) electrons. The number of halogens is 3. The number of carbonyl (C=O) groups is 2. The van der Waals surface area contributed by atoms with Gasteiger partial charge in [-0.05, 0) is 73.6 Å². The Balaban J connectivity index is 1.76. The van der Waals surface area contributed by atoms with E-state index >= 15 is 0 Å². The number of thiophene rings is 1. The van der Waals surface area contributed by atoms with Crippen LogP contribution in [0.4, 0.5) is 23.7 Å². The van der Waals surface area contributed by atoms with Crippen LogP contribution >= 0.6 is 11.3 Å². The van der Waals surface area contributed by atoms with Gasteiger partial charge in [0.25, 0.3) is 5.56 Å². The van der Waals surface area contributed by atoms with Gasteiger partial charge >= 0.3 is 11.7 Å². The van der Waals surface area contributed by atoms with E-state index in [0.717, 1.165) is 44.7 Å². The summed E-state index contributed by atoms with van der Waals surface area (Å²) in [5, 5.41) is 5.53. The van der Waals surface area contributed by atoms with E-state index < -0.39 is 35.2 Å². The second-order valence-corrected chi connectivity index (χ2v) is 12.6. The number of hydrogen-bond acceptors (Lipinski definition) is 6. The molecule has 3 aromatic carbocycles. The average Bonchev–Trinajstić information content (AvgIpc) is 3.43. The summed E-state index contributed by atoms with van der Waals surface area (Å²) >= 11 is 1.11. The Morgan fingerprint density at radius 2 is 1.53 bits per heavy atom. The van der Waals surface area contributed by atoms with Gasteiger partial charge in [0, 0.05) is 56.3 Å². The van der Waals surface area contributed by atoms with Crippen molar-refractivity contribution >= 4 is 39.2 Å². The third kappa shape index (κ3) is 7.60. The number of nitrogens with zero attached hydrogens (tertiary/aromatic N) is 4. The van der Waals surface area contributed by atoms with Gasteiger partial charge in [0.1, 0.15) is 22.3 Å². The van der Waals surface area contributed by atoms with E-state index in [0.29, 0.717) is 34.8 Å². The van der Waals surface area contributed by atoms with Crippen LogP contribution in [0, 0.1) is 17.5 Å². The summed E-state index contributed by atoms with van der Waals surface area (Å²) in [7, 11) is 5.11. The fraction of sp³-hybridized carbons (Fsp3) is 0.257. The zero-order valence-electron chi connectivity index (χ0n) is 27.4. The van der Waals surface area contributed by atoms with Gasteiger partial charge in [-0.1, -0.05) is 18.2 Å². The van der Waals surface area contributed by atoms with Crippen molar-refractivity contribution in [3.63, 3.8) is 0 Å². The van der Waals surface area contributed by atoms with Gasteiger partial charge in [-0.15, -0.1) is 11.3 Å². The Morgan fingerprint density at radius 1 is 0.878 bits per heavy atom. The smallest absolute Gasteiger partial charge is 0.337 e. The van der Waals surface area contributed by atoms with Crippen LogP contribution in [0.5, 0.6) is 0 Å². The van der Waals surface area contributed by atoms with Crippen molar-refractivity contribution < 1.29 is 22.8 Å². The number of fused-ring (bicyclic) bond motifs is 1. The Kier molecular flexibility index (Phi) is 10.7. The minimum Gasteiger partial charge on any atom is -0.349 e. The highest BCUT2D eigenvalue weighted by atomic mass is 32.1. The molecule has 0 spiro atoms. The third-order valence-electron chi connectivity index (χ3n) is 7.91. The van der Waals surface area contributed by atoms with E-state index in [2.05, 4.69) is 10.6 Å². The number of aromatic nitrogens is 2. The lowest BCUT2D eigenvalue weighted by molar-refractivity contribution is -0.129. The topological polar surface area (TPSA) is 109 Å². The molecule has 2 N–H and O–H groups in total. The van der Waals surface area contributed by atoms with Crippen molar-refractivity contribution in [3.05, 3.63) is 116 Å². The number of nitrogens with one attached hydrogen (secondary N) is 2. The van der Waals surface area contributed by atoms with Gasteiger partial charge in [-0.25, -0.2) is 27.3 Å². The van der Waals surface area contributed by atoms with Crippen LogP contribution in [0.1, 0.15) is 24.5 Å². The minimum atomic E-state index is -0.864. The van der Waals surface area contributed by atoms with E-state index in [4.69, 9.17) is 0 Å². The van der Waals surface area contributed by atoms with Crippen LogP contribution in [0.2, 0.25) is 0 Å². The average molecular weight is 693 g/mol. The maximum Gasteiger partial charge on any atom is 0.337 e. The summed E-state index contributed by atoms with van der Waals surface area (Å²) in [6, 6.07) is 14.7. The molecule has 3 amide bonds. The number of anilines is 1. The van der Waals surface area contributed by atoms with Crippen molar-refractivity contribution in [1.82, 2.24) is 24.3 Å². The van der Waals surface area contributed by atoms with Gasteiger partial charge in [0.15, 0.2) is 0 Å². The number of rotatable bonds is 11. The molecule has 0 atom stereocenters. The minimum absolute atomic E-state index is 0.0745. The molecular formula is C35H35F3N6O4S. The molecule has 14 heteroatoms. The second-order valence-electron chi connectivity index (χ2n) is 11.6. The number of hydrogen-bond donors (Lipinski definition) is 2. The number of carbonyl (C=O) groups excluding carboxylic acids is 2. The largest absolute Gasteiger partial charge is 0.349 e. The summed E-state index contributed by atoms with van der Waals surface area (Å²) in [4.78, 5) is 57.1. The van der Waals surface area contributed by atoms with E-state index in [-0.39, 0.29) is 46.4 Å². The van der Waals surface area contributed by atoms with Crippen LogP contribution in [0.15, 0.2) is 76.3 Å². The Hall–Kier alpha value is -5.21. The summed E-state index contributed by atoms with van der Waals surface area (Å²) in [6.07, 6.45) is 0.207. The third-order valence-corrected chi connectivity index (χ3v) is 9.22. The zero-order valence-corrected chi connectivity index (χ0v) is 28.2. The molecule has 0 saturated heterocycles. The van der Waals surface area contributed by atoms with Crippen molar-refractivity contribution in [2.45, 2.75) is 26.4 Å². The van der Waals surface area contributed by atoms with Gasteiger partial charge in [0.05, 0.1) is 17.6 Å². The molecule has 5 aromatic rings. The van der Waals surface area contributed by atoms with Gasteiger partial charge in [0.2, 0.25) is 5.91 Å². The summed E-state index contributed by atoms with van der Waals surface area (Å²) in [5.41, 5.74) is -0.161. The maximum atomic E-state index is 15.0. The van der Waals surface area contributed by atoms with Crippen molar-refractivity contribution in [1.29, 1.82) is 0 Å². The first kappa shape index (κ1) is 35.1. The highest BCUT2D eigenvalue weighted by Crippen LogP contribution is 2.38. The fourth-order valence-corrected chi connectivity index (χ4v) is 6.65. The highest BCUT2D eigenvalue weighted by Gasteiger charge is 2.26. The molecule has 49 heavy (non-hydrogen) atoms. The van der Waals surface area contributed by atoms with Gasteiger partial charge in [-0.3, -0.25) is 14.2 Å². The van der Waals surface area contributed by atoms with Crippen molar-refractivity contribution in [3.8, 4) is 16.1 Å². The molecule has 0 unspecified atom stereocenters. The number of amides is 3.